The third kappa shape index (κ3) is 2.27. The first-order valence-electron chi connectivity index (χ1n) is 10.4. The summed E-state index contributed by atoms with van der Waals surface area (Å²) in [5.74, 6) is -1.05. The van der Waals surface area contributed by atoms with Crippen LogP contribution in [0.1, 0.15) is 13.7 Å². The zero-order chi connectivity index (χ0) is 21.8. The van der Waals surface area contributed by atoms with Crippen molar-refractivity contribution in [1.29, 1.82) is 0 Å². The van der Waals surface area contributed by atoms with Crippen molar-refractivity contribution >= 4 is 0 Å². The molecule has 0 aromatic heterocycles. The summed E-state index contributed by atoms with van der Waals surface area (Å²) in [4.78, 5) is 0. The number of rotatable bonds is 2. The second-order valence-electron chi connectivity index (χ2n) is 3.67. The first-order valence-corrected chi connectivity index (χ1v) is 5.43. The Kier molecular flexibility index (Phi) is 1.32. The fourth-order valence-corrected chi connectivity index (χ4v) is 1.69. The Hall–Kier alpha value is -2.41. The lowest BCUT2D eigenvalue weighted by Crippen LogP contribution is -1.89. The van der Waals surface area contributed by atoms with E-state index in [1.165, 1.54) is 18.2 Å². The summed E-state index contributed by atoms with van der Waals surface area (Å²) >= 11 is 0. The van der Waals surface area contributed by atoms with Crippen molar-refractivity contribution in [3.05, 3.63) is 84.4 Å². The number of hydrogen-bond acceptors (Lipinski definition) is 0. The van der Waals surface area contributed by atoms with E-state index in [0.717, 1.165) is 0 Å². The zero-order valence-electron chi connectivity index (χ0n) is 19.6. The first-order chi connectivity index (χ1) is 13.5. The molecule has 3 rings (SSSR count). The van der Waals surface area contributed by atoms with Crippen LogP contribution in [0.3, 0.4) is 0 Å². The van der Waals surface area contributed by atoms with E-state index >= 15 is 4.39 Å². The second kappa shape index (κ2) is 5.07. The van der Waals surface area contributed by atoms with Crippen LogP contribution in [0.4, 0.5) is 4.39 Å². The topological polar surface area (TPSA) is 0 Å². The SMILES string of the molecule is [2H]c1c([2H])c([2H])c(-c2cccc(-c3c([2H])c([2H])c([2H])c([2H])c3[2H])c2F)c([2H])c1[2H]. The highest BCUT2D eigenvalue weighted by Crippen LogP contribution is 2.30. The monoisotopic (exact) mass is 258 g/mol. The molecule has 0 aliphatic carbocycles. The molecule has 19 heavy (non-hydrogen) atoms. The van der Waals surface area contributed by atoms with Crippen molar-refractivity contribution in [3.63, 3.8) is 0 Å². The Morgan fingerprint density at radius 1 is 0.684 bits per heavy atom. The van der Waals surface area contributed by atoms with Gasteiger partial charge in [-0.1, -0.05) is 78.6 Å². The molecule has 0 aliphatic heterocycles. The minimum Gasteiger partial charge on any atom is -0.206 e. The Bertz CT molecular complexity index is 1030. The Balaban J connectivity index is 2.40. The summed E-state index contributed by atoms with van der Waals surface area (Å²) in [5.41, 5.74) is -1.40. The van der Waals surface area contributed by atoms with Crippen molar-refractivity contribution in [3.8, 4) is 22.3 Å². The van der Waals surface area contributed by atoms with Gasteiger partial charge in [-0.25, -0.2) is 4.39 Å². The highest BCUT2D eigenvalue weighted by atomic mass is 19.1. The van der Waals surface area contributed by atoms with E-state index in [2.05, 4.69) is 0 Å². The molecule has 0 unspecified atom stereocenters. The molecule has 0 atom stereocenters. The van der Waals surface area contributed by atoms with Crippen molar-refractivity contribution in [1.82, 2.24) is 0 Å². The fourth-order valence-electron chi connectivity index (χ4n) is 1.69. The molecule has 0 amide bonds. The van der Waals surface area contributed by atoms with Gasteiger partial charge in [-0.3, -0.25) is 0 Å². The van der Waals surface area contributed by atoms with Crippen LogP contribution in [0.2, 0.25) is 0 Å². The van der Waals surface area contributed by atoms with E-state index in [1.807, 2.05) is 0 Å². The molecule has 0 heterocycles. The van der Waals surface area contributed by atoms with E-state index in [9.17, 15) is 0 Å². The lowest BCUT2D eigenvalue weighted by Gasteiger charge is -2.08. The van der Waals surface area contributed by atoms with Crippen LogP contribution < -0.4 is 0 Å². The van der Waals surface area contributed by atoms with Crippen molar-refractivity contribution in [2.24, 2.45) is 0 Å². The van der Waals surface area contributed by atoms with E-state index in [1.54, 1.807) is 0 Å². The molecule has 1 heteroatoms. The minimum atomic E-state index is -1.05. The zero-order valence-corrected chi connectivity index (χ0v) is 9.61. The summed E-state index contributed by atoms with van der Waals surface area (Å²) in [7, 11) is 0. The largest absolute Gasteiger partial charge is 0.206 e. The maximum absolute atomic E-state index is 15.4. The highest BCUT2D eigenvalue weighted by Gasteiger charge is 2.10. The van der Waals surface area contributed by atoms with Gasteiger partial charge in [0.05, 0.1) is 13.7 Å². The molecule has 0 N–H and O–H groups in total. The van der Waals surface area contributed by atoms with Crippen molar-refractivity contribution < 1.29 is 18.1 Å². The standard InChI is InChI=1S/C18H13F/c19-18-16(14-8-3-1-4-9-14)12-7-13-17(18)15-10-5-2-6-11-15/h1-13H/i1D,2D,3D,4D,5D,6D,8D,9D,10D,11D. The van der Waals surface area contributed by atoms with Gasteiger partial charge in [0.25, 0.3) is 0 Å². The Labute approximate surface area is 126 Å². The lowest BCUT2D eigenvalue weighted by molar-refractivity contribution is 0.635. The van der Waals surface area contributed by atoms with Crippen LogP contribution in [-0.2, 0) is 0 Å². The number of hydrogen-bond donors (Lipinski definition) is 0. The quantitative estimate of drug-likeness (QED) is 0.595. The van der Waals surface area contributed by atoms with Gasteiger partial charge in [-0.05, 0) is 11.1 Å². The Morgan fingerprint density at radius 3 is 1.53 bits per heavy atom. The van der Waals surface area contributed by atoms with Gasteiger partial charge in [0.2, 0.25) is 0 Å². The maximum Gasteiger partial charge on any atom is 0.138 e. The summed E-state index contributed by atoms with van der Waals surface area (Å²) in [5, 5.41) is 0. The van der Waals surface area contributed by atoms with Crippen molar-refractivity contribution in [2.75, 3.05) is 0 Å². The average molecular weight is 258 g/mol. The van der Waals surface area contributed by atoms with Crippen LogP contribution in [0, 0.1) is 5.82 Å². The third-order valence-electron chi connectivity index (χ3n) is 2.54. The van der Waals surface area contributed by atoms with Crippen LogP contribution in [0.5, 0.6) is 0 Å². The summed E-state index contributed by atoms with van der Waals surface area (Å²) in [6.45, 7) is 0. The van der Waals surface area contributed by atoms with E-state index < -0.39 is 66.2 Å². The maximum atomic E-state index is 15.4. The lowest BCUT2D eigenvalue weighted by atomic mass is 9.98. The van der Waals surface area contributed by atoms with Gasteiger partial charge in [0.15, 0.2) is 0 Å². The molecule has 0 nitrogen and oxygen atoms in total. The highest BCUT2D eigenvalue weighted by molar-refractivity contribution is 5.74. The first kappa shape index (κ1) is 4.93. The predicted molar refractivity (Wildman–Crippen MR) is 77.3 cm³/mol. The van der Waals surface area contributed by atoms with Crippen LogP contribution >= 0.6 is 0 Å². The van der Waals surface area contributed by atoms with Gasteiger partial charge in [-0.15, -0.1) is 0 Å². The molecule has 3 aromatic rings. The molecule has 0 bridgehead atoms. The summed E-state index contributed by atoms with van der Waals surface area (Å²) in [6.07, 6.45) is 0. The van der Waals surface area contributed by atoms with E-state index in [4.69, 9.17) is 13.7 Å². The van der Waals surface area contributed by atoms with E-state index in [-0.39, 0.29) is 22.3 Å². The van der Waals surface area contributed by atoms with Gasteiger partial charge in [-0.2, -0.15) is 0 Å². The van der Waals surface area contributed by atoms with E-state index in [0.29, 0.717) is 0 Å². The van der Waals surface area contributed by atoms with Crippen LogP contribution in [0.15, 0.2) is 78.6 Å². The molecule has 0 radical (unpaired) electrons. The minimum absolute atomic E-state index is 0.327. The smallest absolute Gasteiger partial charge is 0.138 e. The molecular formula is C18H13F. The molecule has 0 fully saturated rings. The third-order valence-corrected chi connectivity index (χ3v) is 2.54. The molecule has 0 aliphatic rings. The average Bonchev–Trinajstić information content (AvgIpc) is 2.70. The van der Waals surface area contributed by atoms with Gasteiger partial charge in [0.1, 0.15) is 5.82 Å². The summed E-state index contributed by atoms with van der Waals surface area (Å²) < 4.78 is 93.9. The van der Waals surface area contributed by atoms with Gasteiger partial charge < -0.3 is 0 Å². The normalized spacial score (nSPS) is 17.7. The van der Waals surface area contributed by atoms with Crippen LogP contribution in [0.25, 0.3) is 22.3 Å². The molecule has 0 saturated heterocycles. The second-order valence-corrected chi connectivity index (χ2v) is 3.67. The van der Waals surface area contributed by atoms with Gasteiger partial charge >= 0.3 is 0 Å². The molecule has 3 aromatic carbocycles. The number of halogens is 1. The van der Waals surface area contributed by atoms with Gasteiger partial charge in [0, 0.05) is 11.1 Å². The molecule has 0 saturated carbocycles. The summed E-state index contributed by atoms with van der Waals surface area (Å²) in [6, 6.07) is -2.43. The fraction of sp³-hybridized carbons (Fsp3) is 0. The molecular weight excluding hydrogens is 235 g/mol. The Morgan fingerprint density at radius 2 is 1.11 bits per heavy atom. The number of benzene rings is 3. The van der Waals surface area contributed by atoms with Crippen LogP contribution in [-0.4, -0.2) is 0 Å². The molecule has 92 valence electrons. The van der Waals surface area contributed by atoms with Crippen molar-refractivity contribution in [2.45, 2.75) is 0 Å². The predicted octanol–water partition coefficient (Wildman–Crippen LogP) is 5.16. The molecule has 0 spiro atoms.